The minimum Gasteiger partial charge on any atom is -0.399 e. The van der Waals surface area contributed by atoms with E-state index in [9.17, 15) is 9.59 Å². The minimum absolute atomic E-state index is 0.215. The van der Waals surface area contributed by atoms with Crippen LogP contribution in [0, 0.1) is 0 Å². The topological polar surface area (TPSA) is 63.4 Å². The number of nitrogens with zero attached hydrogens (tertiary/aromatic N) is 1. The molecule has 0 saturated heterocycles. The quantitative estimate of drug-likeness (QED) is 0.517. The Labute approximate surface area is 92.5 Å². The third-order valence-electron chi connectivity index (χ3n) is 2.39. The number of amides is 2. The van der Waals surface area contributed by atoms with Crippen LogP contribution < -0.4 is 10.6 Å². The van der Waals surface area contributed by atoms with Gasteiger partial charge < -0.3 is 5.73 Å². The molecule has 0 unspecified atom stereocenters. The first kappa shape index (κ1) is 10.0. The van der Waals surface area contributed by atoms with Crippen molar-refractivity contribution < 1.29 is 9.59 Å². The summed E-state index contributed by atoms with van der Waals surface area (Å²) in [5.74, 6) is -0.215. The van der Waals surface area contributed by atoms with Gasteiger partial charge in [-0.05, 0) is 30.2 Å². The maximum absolute atomic E-state index is 11.5. The predicted molar refractivity (Wildman–Crippen MR) is 61.0 cm³/mol. The molecule has 0 saturated carbocycles. The van der Waals surface area contributed by atoms with Crippen molar-refractivity contribution in [3.05, 3.63) is 23.8 Å². The molecule has 15 heavy (non-hydrogen) atoms. The SMILES string of the molecule is Nc1ccc2c(c1)CCC(=O)N2C(=O)S. The summed E-state index contributed by atoms with van der Waals surface area (Å²) in [6, 6.07) is 5.13. The van der Waals surface area contributed by atoms with Gasteiger partial charge in [0.05, 0.1) is 5.69 Å². The normalized spacial score (nSPS) is 15.0. The van der Waals surface area contributed by atoms with Crippen molar-refractivity contribution in [2.45, 2.75) is 12.8 Å². The molecular weight excluding hydrogens is 212 g/mol. The Balaban J connectivity index is 2.53. The van der Waals surface area contributed by atoms with Gasteiger partial charge >= 0.3 is 0 Å². The lowest BCUT2D eigenvalue weighted by Gasteiger charge is -2.26. The van der Waals surface area contributed by atoms with E-state index in [4.69, 9.17) is 5.73 Å². The number of carbonyl (C=O) groups is 2. The molecule has 4 nitrogen and oxygen atoms in total. The Morgan fingerprint density at radius 2 is 2.13 bits per heavy atom. The fraction of sp³-hybridized carbons (Fsp3) is 0.200. The number of hydrogen-bond acceptors (Lipinski definition) is 3. The molecule has 1 aliphatic heterocycles. The molecule has 1 aromatic rings. The van der Waals surface area contributed by atoms with Crippen LogP contribution >= 0.6 is 12.6 Å². The third kappa shape index (κ3) is 1.70. The number of nitrogens with two attached hydrogens (primary N) is 1. The zero-order chi connectivity index (χ0) is 11.0. The molecule has 0 fully saturated rings. The molecule has 2 amide bonds. The minimum atomic E-state index is -0.550. The van der Waals surface area contributed by atoms with Crippen molar-refractivity contribution in [2.75, 3.05) is 10.6 Å². The van der Waals surface area contributed by atoms with Crippen LogP contribution in [0.5, 0.6) is 0 Å². The van der Waals surface area contributed by atoms with E-state index in [1.54, 1.807) is 18.2 Å². The van der Waals surface area contributed by atoms with Crippen LogP contribution in [0.1, 0.15) is 12.0 Å². The lowest BCUT2D eigenvalue weighted by atomic mass is 10.0. The summed E-state index contributed by atoms with van der Waals surface area (Å²) >= 11 is 3.69. The van der Waals surface area contributed by atoms with Gasteiger partial charge in [-0.25, -0.2) is 4.90 Å². The van der Waals surface area contributed by atoms with Gasteiger partial charge in [0.1, 0.15) is 0 Å². The van der Waals surface area contributed by atoms with Crippen LogP contribution in [-0.4, -0.2) is 11.1 Å². The number of hydrogen-bond donors (Lipinski definition) is 2. The first-order valence-electron chi connectivity index (χ1n) is 4.54. The average Bonchev–Trinajstić information content (AvgIpc) is 2.17. The molecule has 2 rings (SSSR count). The Kier molecular flexibility index (Phi) is 2.40. The lowest BCUT2D eigenvalue weighted by molar-refractivity contribution is -0.118. The van der Waals surface area contributed by atoms with Gasteiger partial charge in [0.2, 0.25) is 5.91 Å². The van der Waals surface area contributed by atoms with Gasteiger partial charge in [-0.15, -0.1) is 0 Å². The molecular formula is C10H10N2O2S. The summed E-state index contributed by atoms with van der Waals surface area (Å²) in [5, 5.41) is -0.550. The Morgan fingerprint density at radius 1 is 1.40 bits per heavy atom. The van der Waals surface area contributed by atoms with Crippen LogP contribution in [0.4, 0.5) is 16.2 Å². The van der Waals surface area contributed by atoms with Crippen LogP contribution in [0.2, 0.25) is 0 Å². The van der Waals surface area contributed by atoms with Crippen molar-refractivity contribution in [1.82, 2.24) is 0 Å². The van der Waals surface area contributed by atoms with Crippen LogP contribution in [0.3, 0.4) is 0 Å². The molecule has 1 heterocycles. The predicted octanol–water partition coefficient (Wildman–Crippen LogP) is 1.60. The van der Waals surface area contributed by atoms with E-state index in [0.29, 0.717) is 24.2 Å². The Morgan fingerprint density at radius 3 is 2.80 bits per heavy atom. The monoisotopic (exact) mass is 222 g/mol. The number of thiol groups is 1. The first-order valence-corrected chi connectivity index (χ1v) is 4.98. The second kappa shape index (κ2) is 3.58. The summed E-state index contributed by atoms with van der Waals surface area (Å²) in [5.41, 5.74) is 7.78. The molecule has 78 valence electrons. The lowest BCUT2D eigenvalue weighted by Crippen LogP contribution is -2.37. The zero-order valence-corrected chi connectivity index (χ0v) is 8.83. The Bertz CT molecular complexity index is 445. The number of fused-ring (bicyclic) bond motifs is 1. The molecule has 0 aliphatic carbocycles. The highest BCUT2D eigenvalue weighted by Crippen LogP contribution is 2.30. The molecule has 0 bridgehead atoms. The fourth-order valence-electron chi connectivity index (χ4n) is 1.72. The number of nitrogen functional groups attached to an aromatic ring is 1. The molecule has 0 atom stereocenters. The highest BCUT2D eigenvalue weighted by molar-refractivity contribution is 7.97. The highest BCUT2D eigenvalue weighted by Gasteiger charge is 2.27. The van der Waals surface area contributed by atoms with Gasteiger partial charge in [0.25, 0.3) is 5.24 Å². The third-order valence-corrected chi connectivity index (χ3v) is 2.59. The van der Waals surface area contributed by atoms with Crippen LogP contribution in [0.15, 0.2) is 18.2 Å². The summed E-state index contributed by atoms with van der Waals surface area (Å²) in [6.45, 7) is 0. The van der Waals surface area contributed by atoms with E-state index >= 15 is 0 Å². The fourth-order valence-corrected chi connectivity index (χ4v) is 1.94. The highest BCUT2D eigenvalue weighted by atomic mass is 32.1. The van der Waals surface area contributed by atoms with E-state index in [1.165, 1.54) is 0 Å². The number of rotatable bonds is 0. The molecule has 0 radical (unpaired) electrons. The van der Waals surface area contributed by atoms with E-state index in [1.807, 2.05) is 0 Å². The largest absolute Gasteiger partial charge is 0.399 e. The average molecular weight is 222 g/mol. The van der Waals surface area contributed by atoms with E-state index in [0.717, 1.165) is 10.5 Å². The van der Waals surface area contributed by atoms with Crippen molar-refractivity contribution in [1.29, 1.82) is 0 Å². The molecule has 0 aromatic heterocycles. The molecule has 0 spiro atoms. The van der Waals surface area contributed by atoms with Crippen LogP contribution in [0.25, 0.3) is 0 Å². The van der Waals surface area contributed by atoms with Crippen molar-refractivity contribution in [3.8, 4) is 0 Å². The molecule has 2 N–H and O–H groups in total. The molecule has 5 heteroatoms. The smallest absolute Gasteiger partial charge is 0.289 e. The number of imide groups is 1. The zero-order valence-electron chi connectivity index (χ0n) is 7.93. The van der Waals surface area contributed by atoms with Crippen molar-refractivity contribution >= 4 is 35.1 Å². The van der Waals surface area contributed by atoms with Gasteiger partial charge in [-0.3, -0.25) is 9.59 Å². The number of benzene rings is 1. The standard InChI is InChI=1S/C10H10N2O2S/c11-7-2-3-8-6(5-7)1-4-9(13)12(8)10(14)15/h2-3,5H,1,4,11H2,(H,14,15). The maximum Gasteiger partial charge on any atom is 0.289 e. The first-order chi connectivity index (χ1) is 7.09. The number of carbonyl (C=O) groups excluding carboxylic acids is 2. The Hall–Kier alpha value is -1.49. The van der Waals surface area contributed by atoms with E-state index < -0.39 is 5.24 Å². The summed E-state index contributed by atoms with van der Waals surface area (Å²) in [7, 11) is 0. The van der Waals surface area contributed by atoms with Gasteiger partial charge in [0, 0.05) is 12.1 Å². The number of anilines is 2. The maximum atomic E-state index is 11.5. The molecule has 1 aliphatic rings. The summed E-state index contributed by atoms with van der Waals surface area (Å²) in [6.07, 6.45) is 0.944. The van der Waals surface area contributed by atoms with Crippen LogP contribution in [-0.2, 0) is 11.2 Å². The van der Waals surface area contributed by atoms with Crippen molar-refractivity contribution in [2.24, 2.45) is 0 Å². The second-order valence-electron chi connectivity index (χ2n) is 3.40. The van der Waals surface area contributed by atoms with Gasteiger partial charge in [0.15, 0.2) is 0 Å². The van der Waals surface area contributed by atoms with E-state index in [-0.39, 0.29) is 5.91 Å². The van der Waals surface area contributed by atoms with Crippen molar-refractivity contribution in [3.63, 3.8) is 0 Å². The van der Waals surface area contributed by atoms with Gasteiger partial charge in [-0.2, -0.15) is 0 Å². The van der Waals surface area contributed by atoms with E-state index in [2.05, 4.69) is 12.6 Å². The summed E-state index contributed by atoms with van der Waals surface area (Å²) in [4.78, 5) is 23.8. The second-order valence-corrected chi connectivity index (χ2v) is 3.78. The summed E-state index contributed by atoms with van der Waals surface area (Å²) < 4.78 is 0. The van der Waals surface area contributed by atoms with Gasteiger partial charge in [-0.1, -0.05) is 12.6 Å². The number of aryl methyl sites for hydroxylation is 1. The molecule has 1 aromatic carbocycles.